The maximum Gasteiger partial charge on any atom is 0.319 e. The van der Waals surface area contributed by atoms with E-state index in [0.717, 1.165) is 152 Å². The maximum atomic E-state index is 13.8. The van der Waals surface area contributed by atoms with E-state index in [4.69, 9.17) is 15.6 Å². The number of hydrogen-bond acceptors (Lipinski definition) is 11. The topological polar surface area (TPSA) is 182 Å². The number of hydrogen-bond donors (Lipinski definition) is 3. The van der Waals surface area contributed by atoms with Gasteiger partial charge >= 0.3 is 6.03 Å². The first-order valence-electron chi connectivity index (χ1n) is 25.7. The van der Waals surface area contributed by atoms with Crippen LogP contribution in [0.2, 0.25) is 0 Å². The summed E-state index contributed by atoms with van der Waals surface area (Å²) in [5, 5.41) is 10.9. The van der Waals surface area contributed by atoms with Gasteiger partial charge in [-0.2, -0.15) is 5.10 Å². The summed E-state index contributed by atoms with van der Waals surface area (Å²) in [4.78, 5) is 77.5. The Hall–Kier alpha value is -6.46. The number of urea groups is 1. The number of likely N-dealkylation sites (tertiary alicyclic amines) is 3. The van der Waals surface area contributed by atoms with Gasteiger partial charge in [-0.1, -0.05) is 18.2 Å². The van der Waals surface area contributed by atoms with Gasteiger partial charge in [-0.15, -0.1) is 0 Å². The molecule has 5 saturated heterocycles. The molecule has 0 bridgehead atoms. The highest BCUT2D eigenvalue weighted by Crippen LogP contribution is 2.41. The monoisotopic (exact) mass is 952 g/mol. The van der Waals surface area contributed by atoms with Crippen molar-refractivity contribution in [3.8, 4) is 22.8 Å². The van der Waals surface area contributed by atoms with E-state index in [1.54, 1.807) is 4.90 Å². The minimum absolute atomic E-state index is 0.140. The standard InChI is InChI=1S/C53H65N11O6/c54-49(66)47-48(37-6-9-42(10-7-37)70-41-4-2-1-3-5-41)57-64-44(14-21-55-50(47)64)36-17-24-59(25-18-36)39-19-26-62(27-20-39)53(69)61-22-15-35(16-23-61)33-58-28-30-60(31-29-58)40-8-11-43-38(32-40)34-63(52(43)68)45-12-13-46(65)56-51(45)67/h1-11,32,35-36,39,44-45,55H,12-31,33-34H2,(H2,54,66)(H,56,65,67). The normalized spacial score (nSPS) is 23.2. The van der Waals surface area contributed by atoms with Crippen molar-refractivity contribution in [2.45, 2.75) is 82.5 Å². The van der Waals surface area contributed by atoms with E-state index in [9.17, 15) is 24.0 Å². The molecule has 2 atom stereocenters. The van der Waals surface area contributed by atoms with Gasteiger partial charge in [0.1, 0.15) is 34.6 Å². The zero-order valence-electron chi connectivity index (χ0n) is 40.0. The van der Waals surface area contributed by atoms with Gasteiger partial charge in [-0.05, 0) is 136 Å². The first-order valence-corrected chi connectivity index (χ1v) is 25.7. The SMILES string of the molecule is NC(=O)c1c(-c2ccc(Oc3ccccc3)cc2)nn2c1NCCC2C1CCN(C2CCN(C(=O)N3CCC(CN4CCN(c5ccc6c(c5)CN(C5CCC(=O)NC5=O)C6=O)CC4)CC3)CC2)CC1. The van der Waals surface area contributed by atoms with Crippen LogP contribution in [-0.4, -0.2) is 155 Å². The molecular formula is C53H65N11O6. The summed E-state index contributed by atoms with van der Waals surface area (Å²) in [6, 6.07) is 23.6. The summed E-state index contributed by atoms with van der Waals surface area (Å²) >= 11 is 0. The third-order valence-corrected chi connectivity index (χ3v) is 16.3. The molecule has 11 rings (SSSR count). The Kier molecular flexibility index (Phi) is 13.0. The van der Waals surface area contributed by atoms with Gasteiger partial charge in [-0.25, -0.2) is 9.48 Å². The number of fused-ring (bicyclic) bond motifs is 2. The Morgan fingerprint density at radius 1 is 0.743 bits per heavy atom. The number of piperidine rings is 4. The van der Waals surface area contributed by atoms with Crippen LogP contribution in [0.1, 0.15) is 90.1 Å². The Morgan fingerprint density at radius 3 is 2.14 bits per heavy atom. The first kappa shape index (κ1) is 46.0. The van der Waals surface area contributed by atoms with Crippen LogP contribution in [0, 0.1) is 11.8 Å². The van der Waals surface area contributed by atoms with Crippen molar-refractivity contribution in [3.05, 3.63) is 89.5 Å². The number of para-hydroxylation sites is 1. The highest BCUT2D eigenvalue weighted by Gasteiger charge is 2.41. The van der Waals surface area contributed by atoms with Gasteiger partial charge < -0.3 is 40.3 Å². The Balaban J connectivity index is 0.610. The fourth-order valence-electron chi connectivity index (χ4n) is 12.4. The number of nitrogens with two attached hydrogens (primary N) is 1. The highest BCUT2D eigenvalue weighted by molar-refractivity contribution is 6.06. The van der Waals surface area contributed by atoms with Gasteiger partial charge in [0, 0.05) is 101 Å². The van der Waals surface area contributed by atoms with Gasteiger partial charge in [0.25, 0.3) is 11.8 Å². The lowest BCUT2D eigenvalue weighted by molar-refractivity contribution is -0.136. The van der Waals surface area contributed by atoms with Crippen molar-refractivity contribution in [2.24, 2.45) is 17.6 Å². The fourth-order valence-corrected chi connectivity index (χ4v) is 12.4. The zero-order chi connectivity index (χ0) is 47.9. The number of anilines is 2. The van der Waals surface area contributed by atoms with Crippen molar-refractivity contribution in [3.63, 3.8) is 0 Å². The molecule has 7 aliphatic heterocycles. The van der Waals surface area contributed by atoms with Crippen LogP contribution >= 0.6 is 0 Å². The molecule has 70 heavy (non-hydrogen) atoms. The molecule has 4 aromatic rings. The second-order valence-corrected chi connectivity index (χ2v) is 20.4. The van der Waals surface area contributed by atoms with Crippen LogP contribution in [0.5, 0.6) is 11.5 Å². The number of nitrogens with zero attached hydrogens (tertiary/aromatic N) is 8. The quantitative estimate of drug-likeness (QED) is 0.174. The molecule has 0 spiro atoms. The molecule has 2 unspecified atom stereocenters. The van der Waals surface area contributed by atoms with Crippen molar-refractivity contribution >= 4 is 41.2 Å². The molecule has 0 aliphatic carbocycles. The minimum Gasteiger partial charge on any atom is -0.457 e. The molecule has 8 heterocycles. The van der Waals surface area contributed by atoms with Gasteiger partial charge in [-0.3, -0.25) is 29.4 Å². The Morgan fingerprint density at radius 2 is 1.44 bits per heavy atom. The number of aromatic nitrogens is 2. The van der Waals surface area contributed by atoms with E-state index in [1.165, 1.54) is 0 Å². The van der Waals surface area contributed by atoms with E-state index < -0.39 is 11.9 Å². The lowest BCUT2D eigenvalue weighted by Gasteiger charge is -2.45. The molecule has 3 aromatic carbocycles. The zero-order valence-corrected chi connectivity index (χ0v) is 40.0. The number of amides is 6. The predicted molar refractivity (Wildman–Crippen MR) is 265 cm³/mol. The van der Waals surface area contributed by atoms with Gasteiger partial charge in [0.15, 0.2) is 0 Å². The summed E-state index contributed by atoms with van der Waals surface area (Å²) in [6.45, 7) is 11.2. The molecule has 4 N–H and O–H groups in total. The van der Waals surface area contributed by atoms with Crippen LogP contribution < -0.4 is 26.0 Å². The van der Waals surface area contributed by atoms with Gasteiger partial charge in [0.05, 0.1) is 6.04 Å². The third-order valence-electron chi connectivity index (χ3n) is 16.3. The molecule has 7 aliphatic rings. The fraction of sp³-hybridized carbons (Fsp3) is 0.509. The highest BCUT2D eigenvalue weighted by atomic mass is 16.5. The van der Waals surface area contributed by atoms with Crippen LogP contribution in [0.15, 0.2) is 72.8 Å². The smallest absolute Gasteiger partial charge is 0.319 e. The molecule has 5 fully saturated rings. The number of nitrogens with one attached hydrogen (secondary N) is 2. The molecule has 17 nitrogen and oxygen atoms in total. The second-order valence-electron chi connectivity index (χ2n) is 20.4. The van der Waals surface area contributed by atoms with Crippen LogP contribution in [0.3, 0.4) is 0 Å². The number of carbonyl (C=O) groups excluding carboxylic acids is 5. The van der Waals surface area contributed by atoms with Crippen molar-refractivity contribution in [1.82, 2.24) is 39.6 Å². The number of benzene rings is 3. The molecule has 368 valence electrons. The molecule has 17 heteroatoms. The van der Waals surface area contributed by atoms with E-state index in [-0.39, 0.29) is 36.2 Å². The summed E-state index contributed by atoms with van der Waals surface area (Å²) in [7, 11) is 0. The predicted octanol–water partition coefficient (Wildman–Crippen LogP) is 5.39. The van der Waals surface area contributed by atoms with E-state index in [0.29, 0.717) is 53.4 Å². The first-order chi connectivity index (χ1) is 34.1. The number of carbonyl (C=O) groups is 5. The van der Waals surface area contributed by atoms with E-state index in [2.05, 4.69) is 41.2 Å². The van der Waals surface area contributed by atoms with Crippen LogP contribution in [0.4, 0.5) is 16.3 Å². The molecule has 1 aromatic heterocycles. The number of rotatable bonds is 10. The summed E-state index contributed by atoms with van der Waals surface area (Å²) in [5.74, 6) is 1.90. The van der Waals surface area contributed by atoms with E-state index in [1.807, 2.05) is 71.4 Å². The summed E-state index contributed by atoms with van der Waals surface area (Å²) in [6.07, 6.45) is 7.73. The Labute approximate surface area is 409 Å². The molecule has 6 amide bonds. The maximum absolute atomic E-state index is 13.8. The average molecular weight is 952 g/mol. The second kappa shape index (κ2) is 19.7. The average Bonchev–Trinajstić information content (AvgIpc) is 3.95. The summed E-state index contributed by atoms with van der Waals surface area (Å²) in [5.41, 5.74) is 10.6. The number of imide groups is 1. The minimum atomic E-state index is -0.606. The number of primary amides is 1. The van der Waals surface area contributed by atoms with Crippen molar-refractivity contribution in [1.29, 1.82) is 0 Å². The molecular weight excluding hydrogens is 887 g/mol. The number of piperazine rings is 1. The third kappa shape index (κ3) is 9.32. The van der Waals surface area contributed by atoms with Crippen molar-refractivity contribution < 1.29 is 28.7 Å². The lowest BCUT2D eigenvalue weighted by Crippen LogP contribution is -2.54. The van der Waals surface area contributed by atoms with Crippen LogP contribution in [0.25, 0.3) is 11.3 Å². The summed E-state index contributed by atoms with van der Waals surface area (Å²) < 4.78 is 8.05. The largest absolute Gasteiger partial charge is 0.457 e. The number of ether oxygens (including phenoxy) is 1. The molecule has 0 saturated carbocycles. The molecule has 0 radical (unpaired) electrons. The lowest BCUT2D eigenvalue weighted by atomic mass is 9.85. The van der Waals surface area contributed by atoms with Crippen molar-refractivity contribution in [2.75, 3.05) is 88.8 Å². The Bertz CT molecular complexity index is 2590. The van der Waals surface area contributed by atoms with E-state index >= 15 is 0 Å². The van der Waals surface area contributed by atoms with Crippen LogP contribution in [-0.2, 0) is 16.1 Å². The van der Waals surface area contributed by atoms with Gasteiger partial charge in [0.2, 0.25) is 11.8 Å².